The summed E-state index contributed by atoms with van der Waals surface area (Å²) in [6.45, 7) is 0.163. The minimum absolute atomic E-state index is 0.118. The smallest absolute Gasteiger partial charge is 0.322 e. The molecule has 6 rings (SSSR count). The minimum atomic E-state index is -1.60. The van der Waals surface area contributed by atoms with Gasteiger partial charge < -0.3 is 19.4 Å². The summed E-state index contributed by atoms with van der Waals surface area (Å²) in [5.74, 6) is -0.116. The monoisotopic (exact) mass is 470 g/mol. The molecule has 0 aliphatic carbocycles. The lowest BCUT2D eigenvalue weighted by Crippen LogP contribution is -2.52. The van der Waals surface area contributed by atoms with Crippen LogP contribution in [0.1, 0.15) is 21.7 Å². The van der Waals surface area contributed by atoms with E-state index < -0.39 is 17.5 Å². The first kappa shape index (κ1) is 20.8. The van der Waals surface area contributed by atoms with Gasteiger partial charge in [0.25, 0.3) is 11.8 Å². The normalized spacial score (nSPS) is 19.1. The first-order chi connectivity index (χ1) is 17.0. The fourth-order valence-electron chi connectivity index (χ4n) is 4.47. The number of pyridine rings is 1. The number of benzene rings is 1. The van der Waals surface area contributed by atoms with E-state index in [1.165, 1.54) is 18.3 Å². The van der Waals surface area contributed by atoms with Crippen molar-refractivity contribution in [2.75, 3.05) is 13.7 Å². The average Bonchev–Trinajstić information content (AvgIpc) is 3.53. The van der Waals surface area contributed by atoms with Crippen molar-refractivity contribution >= 4 is 28.8 Å². The van der Waals surface area contributed by atoms with E-state index in [-0.39, 0.29) is 24.8 Å². The van der Waals surface area contributed by atoms with Crippen molar-refractivity contribution in [3.8, 4) is 17.0 Å². The van der Waals surface area contributed by atoms with Crippen LogP contribution in [0.2, 0.25) is 0 Å². The Balaban J connectivity index is 1.38. The standard InChI is InChI=1S/C24H18N6O5/c1-34-16-3-2-13-10-30(21(31)17(13)5-16)11-24(22(32)28-23(33)29-24)20-4-14-9-27-18(6-19(14)35-20)15-7-25-12-26-8-15/h2-9,12H,10-11H2,1H3,(H2,28,29,32,33). The van der Waals surface area contributed by atoms with Crippen LogP contribution < -0.4 is 15.4 Å². The van der Waals surface area contributed by atoms with Gasteiger partial charge >= 0.3 is 6.03 Å². The van der Waals surface area contributed by atoms with Gasteiger partial charge in [0.1, 0.15) is 23.4 Å². The van der Waals surface area contributed by atoms with Gasteiger partial charge in [0.15, 0.2) is 5.54 Å². The van der Waals surface area contributed by atoms with Crippen molar-refractivity contribution in [1.82, 2.24) is 30.5 Å². The average molecular weight is 470 g/mol. The molecule has 0 bridgehead atoms. The zero-order valence-electron chi connectivity index (χ0n) is 18.4. The molecule has 0 radical (unpaired) electrons. The molecule has 2 aliphatic rings. The summed E-state index contributed by atoms with van der Waals surface area (Å²) in [6.07, 6.45) is 6.29. The van der Waals surface area contributed by atoms with Gasteiger partial charge in [0.2, 0.25) is 0 Å². The molecule has 1 unspecified atom stereocenters. The van der Waals surface area contributed by atoms with Crippen molar-refractivity contribution in [2.24, 2.45) is 0 Å². The topological polar surface area (TPSA) is 140 Å². The van der Waals surface area contributed by atoms with E-state index in [1.54, 1.807) is 42.9 Å². The van der Waals surface area contributed by atoms with Crippen LogP contribution in [0, 0.1) is 0 Å². The molecule has 174 valence electrons. The molecule has 0 spiro atoms. The summed E-state index contributed by atoms with van der Waals surface area (Å²) in [5.41, 5.74) is 1.44. The molecule has 4 aromatic rings. The Kier molecular flexibility index (Phi) is 4.53. The maximum atomic E-state index is 13.2. The minimum Gasteiger partial charge on any atom is -0.497 e. The van der Waals surface area contributed by atoms with E-state index >= 15 is 0 Å². The highest BCUT2D eigenvalue weighted by Gasteiger charge is 2.53. The zero-order chi connectivity index (χ0) is 24.2. The Bertz CT molecular complexity index is 1520. The molecule has 1 saturated heterocycles. The van der Waals surface area contributed by atoms with Crippen LogP contribution in [0.5, 0.6) is 5.75 Å². The molecule has 1 atom stereocenters. The van der Waals surface area contributed by atoms with Crippen LogP contribution in [0.25, 0.3) is 22.2 Å². The molecule has 1 fully saturated rings. The Morgan fingerprint density at radius 1 is 1.11 bits per heavy atom. The number of ether oxygens (including phenoxy) is 1. The van der Waals surface area contributed by atoms with E-state index in [0.717, 1.165) is 5.56 Å². The van der Waals surface area contributed by atoms with Gasteiger partial charge in [-0.1, -0.05) is 6.07 Å². The number of methoxy groups -OCH3 is 1. The number of amides is 4. The molecule has 2 aliphatic heterocycles. The highest BCUT2D eigenvalue weighted by atomic mass is 16.5. The summed E-state index contributed by atoms with van der Waals surface area (Å²) >= 11 is 0. The van der Waals surface area contributed by atoms with E-state index in [1.807, 2.05) is 6.07 Å². The number of carbonyl (C=O) groups excluding carboxylic acids is 3. The molecular formula is C24H18N6O5. The fraction of sp³-hybridized carbons (Fsp3) is 0.167. The Morgan fingerprint density at radius 3 is 2.69 bits per heavy atom. The Labute approximate surface area is 198 Å². The van der Waals surface area contributed by atoms with Gasteiger partial charge in [-0.3, -0.25) is 19.9 Å². The first-order valence-corrected chi connectivity index (χ1v) is 10.7. The lowest BCUT2D eigenvalue weighted by atomic mass is 9.95. The van der Waals surface area contributed by atoms with Crippen LogP contribution in [0.3, 0.4) is 0 Å². The van der Waals surface area contributed by atoms with Crippen LogP contribution in [-0.2, 0) is 16.9 Å². The predicted octanol–water partition coefficient (Wildman–Crippen LogP) is 1.98. The highest BCUT2D eigenvalue weighted by molar-refractivity contribution is 6.08. The number of rotatable bonds is 5. The quantitative estimate of drug-likeness (QED) is 0.422. The second kappa shape index (κ2) is 7.62. The fourth-order valence-corrected chi connectivity index (χ4v) is 4.47. The predicted molar refractivity (Wildman–Crippen MR) is 121 cm³/mol. The number of hydrogen-bond donors (Lipinski definition) is 2. The third-order valence-corrected chi connectivity index (χ3v) is 6.24. The van der Waals surface area contributed by atoms with E-state index in [2.05, 4.69) is 25.6 Å². The number of fused-ring (bicyclic) bond motifs is 2. The zero-order valence-corrected chi connectivity index (χ0v) is 18.4. The molecule has 5 heterocycles. The number of urea groups is 1. The molecule has 11 heteroatoms. The maximum Gasteiger partial charge on any atom is 0.322 e. The molecule has 0 saturated carbocycles. The summed E-state index contributed by atoms with van der Waals surface area (Å²) in [5, 5.41) is 5.60. The number of carbonyl (C=O) groups is 3. The molecule has 3 aromatic heterocycles. The SMILES string of the molecule is COc1ccc2c(c1)C(=O)N(CC1(c3cc4cnc(-c5cncnc5)cc4o3)NC(=O)NC1=O)C2. The summed E-state index contributed by atoms with van der Waals surface area (Å²) in [6, 6.07) is 7.95. The molecule has 2 N–H and O–H groups in total. The largest absolute Gasteiger partial charge is 0.497 e. The first-order valence-electron chi connectivity index (χ1n) is 10.7. The number of nitrogens with one attached hydrogen (secondary N) is 2. The Morgan fingerprint density at radius 2 is 1.94 bits per heavy atom. The van der Waals surface area contributed by atoms with Crippen LogP contribution in [-0.4, -0.2) is 51.4 Å². The van der Waals surface area contributed by atoms with Crippen molar-refractivity contribution in [3.05, 3.63) is 72.1 Å². The molecular weight excluding hydrogens is 452 g/mol. The van der Waals surface area contributed by atoms with Gasteiger partial charge in [0.05, 0.1) is 19.3 Å². The van der Waals surface area contributed by atoms with Crippen molar-refractivity contribution in [2.45, 2.75) is 12.1 Å². The lowest BCUT2D eigenvalue weighted by Gasteiger charge is -2.29. The van der Waals surface area contributed by atoms with Gasteiger partial charge in [-0.05, 0) is 23.8 Å². The number of hydrogen-bond acceptors (Lipinski definition) is 8. The van der Waals surface area contributed by atoms with Gasteiger partial charge in [-0.15, -0.1) is 0 Å². The van der Waals surface area contributed by atoms with E-state index in [0.29, 0.717) is 33.5 Å². The third-order valence-electron chi connectivity index (χ3n) is 6.24. The van der Waals surface area contributed by atoms with Crippen LogP contribution >= 0.6 is 0 Å². The highest BCUT2D eigenvalue weighted by Crippen LogP contribution is 2.35. The van der Waals surface area contributed by atoms with E-state index in [9.17, 15) is 14.4 Å². The van der Waals surface area contributed by atoms with Crippen molar-refractivity contribution in [3.63, 3.8) is 0 Å². The summed E-state index contributed by atoms with van der Waals surface area (Å²) in [7, 11) is 1.53. The molecule has 35 heavy (non-hydrogen) atoms. The number of nitrogens with zero attached hydrogens (tertiary/aromatic N) is 4. The van der Waals surface area contributed by atoms with Crippen LogP contribution in [0.4, 0.5) is 4.79 Å². The van der Waals surface area contributed by atoms with E-state index in [4.69, 9.17) is 9.15 Å². The second-order valence-corrected chi connectivity index (χ2v) is 8.34. The Hall–Kier alpha value is -4.80. The van der Waals surface area contributed by atoms with Gasteiger partial charge in [-0.25, -0.2) is 14.8 Å². The van der Waals surface area contributed by atoms with Crippen LogP contribution in [0.15, 0.2) is 59.7 Å². The maximum absolute atomic E-state index is 13.2. The van der Waals surface area contributed by atoms with Crippen molar-refractivity contribution < 1.29 is 23.5 Å². The van der Waals surface area contributed by atoms with Gasteiger partial charge in [-0.2, -0.15) is 0 Å². The summed E-state index contributed by atoms with van der Waals surface area (Å²) < 4.78 is 11.3. The number of aromatic nitrogens is 3. The second-order valence-electron chi connectivity index (χ2n) is 8.34. The van der Waals surface area contributed by atoms with Gasteiger partial charge in [0, 0.05) is 47.7 Å². The molecule has 1 aromatic carbocycles. The number of imide groups is 1. The molecule has 4 amide bonds. The lowest BCUT2D eigenvalue weighted by molar-refractivity contribution is -0.125. The molecule has 11 nitrogen and oxygen atoms in total. The number of furan rings is 1. The van der Waals surface area contributed by atoms with Crippen molar-refractivity contribution in [1.29, 1.82) is 0 Å². The summed E-state index contributed by atoms with van der Waals surface area (Å²) in [4.78, 5) is 52.4. The third kappa shape index (κ3) is 3.28.